The Bertz CT molecular complexity index is 1040. The molecule has 0 aliphatic carbocycles. The quantitative estimate of drug-likeness (QED) is 0.488. The van der Waals surface area contributed by atoms with Crippen LogP contribution in [0.2, 0.25) is 0 Å². The van der Waals surface area contributed by atoms with Gasteiger partial charge in [0.25, 0.3) is 5.91 Å². The SMILES string of the molecule is CN=C(NCc1ccc(C(=O)N(C)C)cc1)NCc1ccc2cc(OC)ccc2c1. The van der Waals surface area contributed by atoms with E-state index in [0.29, 0.717) is 18.7 Å². The molecule has 0 aromatic heterocycles. The van der Waals surface area contributed by atoms with Gasteiger partial charge in [-0.3, -0.25) is 9.79 Å². The Morgan fingerprint density at radius 1 is 0.900 bits per heavy atom. The maximum atomic E-state index is 12.0. The number of benzene rings is 3. The second-order valence-electron chi connectivity index (χ2n) is 7.22. The van der Waals surface area contributed by atoms with Gasteiger partial charge in [0.15, 0.2) is 5.96 Å². The second-order valence-corrected chi connectivity index (χ2v) is 7.22. The lowest BCUT2D eigenvalue weighted by atomic mass is 10.1. The first kappa shape index (κ1) is 21.2. The van der Waals surface area contributed by atoms with Crippen LogP contribution >= 0.6 is 0 Å². The van der Waals surface area contributed by atoms with Crippen LogP contribution in [0.3, 0.4) is 0 Å². The van der Waals surface area contributed by atoms with Crippen LogP contribution in [0.5, 0.6) is 5.75 Å². The molecule has 0 unspecified atom stereocenters. The maximum Gasteiger partial charge on any atom is 0.253 e. The zero-order valence-electron chi connectivity index (χ0n) is 17.9. The average molecular weight is 405 g/mol. The van der Waals surface area contributed by atoms with Crippen molar-refractivity contribution in [1.29, 1.82) is 0 Å². The molecule has 6 nitrogen and oxygen atoms in total. The Kier molecular flexibility index (Phi) is 6.91. The fourth-order valence-electron chi connectivity index (χ4n) is 3.13. The Morgan fingerprint density at radius 3 is 2.13 bits per heavy atom. The number of amides is 1. The fourth-order valence-corrected chi connectivity index (χ4v) is 3.13. The largest absolute Gasteiger partial charge is 0.497 e. The van der Waals surface area contributed by atoms with Crippen molar-refractivity contribution < 1.29 is 9.53 Å². The highest BCUT2D eigenvalue weighted by Crippen LogP contribution is 2.21. The first-order valence-electron chi connectivity index (χ1n) is 9.82. The van der Waals surface area contributed by atoms with E-state index in [9.17, 15) is 4.79 Å². The normalized spacial score (nSPS) is 11.3. The first-order valence-corrected chi connectivity index (χ1v) is 9.82. The van der Waals surface area contributed by atoms with Crippen molar-refractivity contribution in [3.05, 3.63) is 77.4 Å². The van der Waals surface area contributed by atoms with Gasteiger partial charge in [-0.2, -0.15) is 0 Å². The predicted molar refractivity (Wildman–Crippen MR) is 122 cm³/mol. The van der Waals surface area contributed by atoms with Crippen molar-refractivity contribution in [2.75, 3.05) is 28.3 Å². The summed E-state index contributed by atoms with van der Waals surface area (Å²) in [6, 6.07) is 20.0. The number of aliphatic imine (C=N–C) groups is 1. The molecule has 3 rings (SSSR count). The number of methoxy groups -OCH3 is 1. The number of hydrogen-bond acceptors (Lipinski definition) is 3. The number of carbonyl (C=O) groups is 1. The molecular weight excluding hydrogens is 376 g/mol. The molecular formula is C24H28N4O2. The van der Waals surface area contributed by atoms with Crippen LogP contribution in [-0.2, 0) is 13.1 Å². The summed E-state index contributed by atoms with van der Waals surface area (Å²) in [5.41, 5.74) is 2.93. The van der Waals surface area contributed by atoms with Crippen LogP contribution in [0.15, 0.2) is 65.7 Å². The monoisotopic (exact) mass is 404 g/mol. The highest BCUT2D eigenvalue weighted by Gasteiger charge is 2.07. The number of ether oxygens (including phenoxy) is 1. The van der Waals surface area contributed by atoms with Crippen LogP contribution < -0.4 is 15.4 Å². The molecule has 1 amide bonds. The van der Waals surface area contributed by atoms with Crippen molar-refractivity contribution in [2.45, 2.75) is 13.1 Å². The highest BCUT2D eigenvalue weighted by molar-refractivity contribution is 5.93. The average Bonchev–Trinajstić information content (AvgIpc) is 2.78. The molecule has 3 aromatic carbocycles. The third kappa shape index (κ3) is 5.29. The number of hydrogen-bond donors (Lipinski definition) is 2. The molecule has 0 bridgehead atoms. The summed E-state index contributed by atoms with van der Waals surface area (Å²) in [7, 11) is 6.93. The van der Waals surface area contributed by atoms with E-state index in [0.717, 1.165) is 22.7 Å². The van der Waals surface area contributed by atoms with E-state index in [-0.39, 0.29) is 5.91 Å². The van der Waals surface area contributed by atoms with Gasteiger partial charge in [-0.15, -0.1) is 0 Å². The lowest BCUT2D eigenvalue weighted by Gasteiger charge is -2.13. The minimum Gasteiger partial charge on any atom is -0.497 e. The molecule has 0 heterocycles. The van der Waals surface area contributed by atoms with Gasteiger partial charge in [0, 0.05) is 39.8 Å². The Labute approximate surface area is 177 Å². The summed E-state index contributed by atoms with van der Waals surface area (Å²) >= 11 is 0. The molecule has 0 saturated carbocycles. The van der Waals surface area contributed by atoms with Crippen LogP contribution in [0.4, 0.5) is 0 Å². The van der Waals surface area contributed by atoms with Crippen molar-refractivity contribution in [3.63, 3.8) is 0 Å². The van der Waals surface area contributed by atoms with Crippen LogP contribution in [0, 0.1) is 0 Å². The Hall–Kier alpha value is -3.54. The molecule has 6 heteroatoms. The molecule has 0 aliphatic heterocycles. The number of nitrogens with one attached hydrogen (secondary N) is 2. The summed E-state index contributed by atoms with van der Waals surface area (Å²) in [6.45, 7) is 1.28. The molecule has 0 aliphatic rings. The van der Waals surface area contributed by atoms with E-state index in [1.165, 1.54) is 10.9 Å². The van der Waals surface area contributed by atoms with Gasteiger partial charge in [-0.05, 0) is 52.2 Å². The van der Waals surface area contributed by atoms with Gasteiger partial charge in [0.2, 0.25) is 0 Å². The molecule has 0 fully saturated rings. The van der Waals surface area contributed by atoms with Gasteiger partial charge < -0.3 is 20.3 Å². The highest BCUT2D eigenvalue weighted by atomic mass is 16.5. The summed E-state index contributed by atoms with van der Waals surface area (Å²) < 4.78 is 5.28. The number of nitrogens with zero attached hydrogens (tertiary/aromatic N) is 2. The lowest BCUT2D eigenvalue weighted by Crippen LogP contribution is -2.36. The standard InChI is InChI=1S/C24H28N4O2/c1-25-24(26-15-17-5-8-19(9-6-17)23(29)28(2)3)27-16-18-7-10-21-14-22(30-4)12-11-20(21)13-18/h5-14H,15-16H2,1-4H3,(H2,25,26,27). The Balaban J connectivity index is 1.56. The molecule has 0 atom stereocenters. The van der Waals surface area contributed by atoms with E-state index in [1.807, 2.05) is 36.4 Å². The Morgan fingerprint density at radius 2 is 1.50 bits per heavy atom. The van der Waals surface area contributed by atoms with Crippen molar-refractivity contribution in [2.24, 2.45) is 4.99 Å². The summed E-state index contributed by atoms with van der Waals surface area (Å²) in [4.78, 5) is 17.8. The first-order chi connectivity index (χ1) is 14.5. The van der Waals surface area contributed by atoms with E-state index in [1.54, 1.807) is 33.2 Å². The van der Waals surface area contributed by atoms with E-state index >= 15 is 0 Å². The van der Waals surface area contributed by atoms with Crippen molar-refractivity contribution in [1.82, 2.24) is 15.5 Å². The molecule has 30 heavy (non-hydrogen) atoms. The minimum atomic E-state index is 0.000754. The molecule has 156 valence electrons. The minimum absolute atomic E-state index is 0.000754. The molecule has 0 spiro atoms. The van der Waals surface area contributed by atoms with Gasteiger partial charge >= 0.3 is 0 Å². The molecule has 3 aromatic rings. The van der Waals surface area contributed by atoms with Gasteiger partial charge in [-0.25, -0.2) is 0 Å². The van der Waals surface area contributed by atoms with E-state index in [4.69, 9.17) is 4.74 Å². The zero-order chi connectivity index (χ0) is 21.5. The van der Waals surface area contributed by atoms with Crippen molar-refractivity contribution >= 4 is 22.6 Å². The summed E-state index contributed by atoms with van der Waals surface area (Å²) in [5.74, 6) is 1.58. The number of guanidine groups is 1. The van der Waals surface area contributed by atoms with Crippen LogP contribution in [0.25, 0.3) is 10.8 Å². The lowest BCUT2D eigenvalue weighted by molar-refractivity contribution is 0.0827. The second kappa shape index (κ2) is 9.78. The fraction of sp³-hybridized carbons (Fsp3) is 0.250. The summed E-state index contributed by atoms with van der Waals surface area (Å²) in [5, 5.41) is 8.97. The van der Waals surface area contributed by atoms with E-state index < -0.39 is 0 Å². The molecule has 0 radical (unpaired) electrons. The summed E-state index contributed by atoms with van der Waals surface area (Å²) in [6.07, 6.45) is 0. The third-order valence-electron chi connectivity index (χ3n) is 4.86. The smallest absolute Gasteiger partial charge is 0.253 e. The third-order valence-corrected chi connectivity index (χ3v) is 4.86. The zero-order valence-corrected chi connectivity index (χ0v) is 17.9. The maximum absolute atomic E-state index is 12.0. The molecule has 0 saturated heterocycles. The van der Waals surface area contributed by atoms with E-state index in [2.05, 4.69) is 39.9 Å². The van der Waals surface area contributed by atoms with Crippen LogP contribution in [-0.4, -0.2) is 45.0 Å². The van der Waals surface area contributed by atoms with Crippen molar-refractivity contribution in [3.8, 4) is 5.75 Å². The van der Waals surface area contributed by atoms with Gasteiger partial charge in [0.1, 0.15) is 5.75 Å². The molecule has 2 N–H and O–H groups in total. The predicted octanol–water partition coefficient (Wildman–Crippen LogP) is 3.42. The van der Waals surface area contributed by atoms with Crippen LogP contribution in [0.1, 0.15) is 21.5 Å². The topological polar surface area (TPSA) is 66.0 Å². The van der Waals surface area contributed by atoms with Gasteiger partial charge in [0.05, 0.1) is 7.11 Å². The number of rotatable bonds is 6. The number of fused-ring (bicyclic) bond motifs is 1. The number of carbonyl (C=O) groups excluding carboxylic acids is 1. The van der Waals surface area contributed by atoms with Gasteiger partial charge in [-0.1, -0.05) is 30.3 Å².